The summed E-state index contributed by atoms with van der Waals surface area (Å²) in [4.78, 5) is 5.08. The molecule has 0 atom stereocenters. The van der Waals surface area contributed by atoms with Gasteiger partial charge in [-0.1, -0.05) is 17.8 Å². The average Bonchev–Trinajstić information content (AvgIpc) is 2.17. The molecule has 0 aliphatic heterocycles. The van der Waals surface area contributed by atoms with Gasteiger partial charge in [-0.25, -0.2) is 4.99 Å². The smallest absolute Gasteiger partial charge is 0.183 e. The van der Waals surface area contributed by atoms with Crippen LogP contribution in [0.4, 0.5) is 5.69 Å². The van der Waals surface area contributed by atoms with Crippen LogP contribution in [0.2, 0.25) is 0 Å². The Bertz CT molecular complexity index is 382. The highest BCUT2D eigenvalue weighted by molar-refractivity contribution is 8.13. The molecule has 0 spiro atoms. The maximum atomic E-state index is 8.43. The van der Waals surface area contributed by atoms with E-state index >= 15 is 0 Å². The Kier molecular flexibility index (Phi) is 4.36. The van der Waals surface area contributed by atoms with Crippen LogP contribution < -0.4 is 5.32 Å². The molecule has 14 heavy (non-hydrogen) atoms. The molecule has 1 aromatic carbocycles. The molecule has 1 aromatic rings. The number of thiol groups is 1. The molecule has 0 unspecified atom stereocenters. The molecule has 3 nitrogen and oxygen atoms in total. The second-order valence-electron chi connectivity index (χ2n) is 2.38. The van der Waals surface area contributed by atoms with Crippen molar-refractivity contribution in [2.75, 3.05) is 6.26 Å². The summed E-state index contributed by atoms with van der Waals surface area (Å²) in [5.41, 5.74) is 0.782. The summed E-state index contributed by atoms with van der Waals surface area (Å²) >= 11 is 5.58. The third kappa shape index (κ3) is 3.32. The van der Waals surface area contributed by atoms with E-state index in [9.17, 15) is 0 Å². The van der Waals surface area contributed by atoms with Gasteiger partial charge in [0.1, 0.15) is 0 Å². The fourth-order valence-electron chi connectivity index (χ4n) is 0.852. The van der Waals surface area contributed by atoms with Gasteiger partial charge in [0.05, 0.1) is 5.69 Å². The van der Waals surface area contributed by atoms with Gasteiger partial charge in [-0.3, -0.25) is 5.32 Å². The van der Waals surface area contributed by atoms with Crippen molar-refractivity contribution in [3.8, 4) is 6.19 Å². The molecular weight excluding hydrogens is 214 g/mol. The zero-order chi connectivity index (χ0) is 10.4. The molecule has 0 amide bonds. The Morgan fingerprint density at radius 3 is 3.00 bits per heavy atom. The van der Waals surface area contributed by atoms with Crippen LogP contribution in [-0.2, 0) is 0 Å². The van der Waals surface area contributed by atoms with E-state index in [0.29, 0.717) is 5.17 Å². The van der Waals surface area contributed by atoms with Gasteiger partial charge < -0.3 is 0 Å². The van der Waals surface area contributed by atoms with Crippen molar-refractivity contribution >= 4 is 35.2 Å². The van der Waals surface area contributed by atoms with Crippen LogP contribution in [0.1, 0.15) is 0 Å². The Morgan fingerprint density at radius 2 is 2.43 bits per heavy atom. The SMILES string of the molecule is CSC(=Nc1cccc(S)c1)NC#N. The second kappa shape index (κ2) is 5.58. The fourth-order valence-corrected chi connectivity index (χ4v) is 1.42. The molecule has 0 fully saturated rings. The standard InChI is InChI=1S/C9H9N3S2/c1-14-9(11-6-10)12-7-3-2-4-8(13)5-7/h2-5,13H,1H3,(H,11,12). The minimum atomic E-state index is 0.575. The third-order valence-corrected chi connectivity index (χ3v) is 2.27. The van der Waals surface area contributed by atoms with Crippen molar-refractivity contribution in [1.29, 1.82) is 5.26 Å². The largest absolute Gasteiger partial charge is 0.271 e. The van der Waals surface area contributed by atoms with Gasteiger partial charge >= 0.3 is 0 Å². The summed E-state index contributed by atoms with van der Waals surface area (Å²) in [6.45, 7) is 0. The van der Waals surface area contributed by atoms with E-state index < -0.39 is 0 Å². The summed E-state index contributed by atoms with van der Waals surface area (Å²) < 4.78 is 0. The van der Waals surface area contributed by atoms with Crippen LogP contribution >= 0.6 is 24.4 Å². The number of amidine groups is 1. The van der Waals surface area contributed by atoms with Gasteiger partial charge in [-0.2, -0.15) is 5.26 Å². The van der Waals surface area contributed by atoms with Crippen LogP contribution in [0.3, 0.4) is 0 Å². The summed E-state index contributed by atoms with van der Waals surface area (Å²) in [7, 11) is 0. The Balaban J connectivity index is 2.89. The molecular formula is C9H9N3S2. The lowest BCUT2D eigenvalue weighted by Gasteiger charge is -1.99. The number of rotatable bonds is 1. The van der Waals surface area contributed by atoms with Gasteiger partial charge in [-0.05, 0) is 24.5 Å². The first-order chi connectivity index (χ1) is 6.76. The lowest BCUT2D eigenvalue weighted by Crippen LogP contribution is -2.12. The second-order valence-corrected chi connectivity index (χ2v) is 3.69. The van der Waals surface area contributed by atoms with E-state index in [1.165, 1.54) is 11.8 Å². The van der Waals surface area contributed by atoms with E-state index in [2.05, 4.69) is 22.9 Å². The Labute approximate surface area is 92.6 Å². The van der Waals surface area contributed by atoms with Crippen LogP contribution in [0.15, 0.2) is 34.2 Å². The molecule has 0 bridgehead atoms. The number of benzene rings is 1. The molecule has 0 heterocycles. The molecule has 5 heteroatoms. The Morgan fingerprint density at radius 1 is 1.64 bits per heavy atom. The third-order valence-electron chi connectivity index (χ3n) is 1.42. The van der Waals surface area contributed by atoms with E-state index in [1.54, 1.807) is 0 Å². The highest BCUT2D eigenvalue weighted by Crippen LogP contribution is 2.17. The average molecular weight is 223 g/mol. The van der Waals surface area contributed by atoms with Crippen molar-refractivity contribution in [3.63, 3.8) is 0 Å². The van der Waals surface area contributed by atoms with Crippen LogP contribution in [0.5, 0.6) is 0 Å². The highest BCUT2D eigenvalue weighted by Gasteiger charge is 1.96. The minimum absolute atomic E-state index is 0.575. The maximum Gasteiger partial charge on any atom is 0.183 e. The van der Waals surface area contributed by atoms with Crippen LogP contribution in [-0.4, -0.2) is 11.4 Å². The lowest BCUT2D eigenvalue weighted by molar-refractivity contribution is 1.27. The van der Waals surface area contributed by atoms with Crippen molar-refractivity contribution in [2.24, 2.45) is 4.99 Å². The fraction of sp³-hybridized carbons (Fsp3) is 0.111. The van der Waals surface area contributed by atoms with Gasteiger partial charge in [0.15, 0.2) is 11.4 Å². The maximum absolute atomic E-state index is 8.43. The van der Waals surface area contributed by atoms with E-state index in [1.807, 2.05) is 36.7 Å². The van der Waals surface area contributed by atoms with Gasteiger partial charge in [-0.15, -0.1) is 12.6 Å². The van der Waals surface area contributed by atoms with Gasteiger partial charge in [0.2, 0.25) is 0 Å². The molecule has 72 valence electrons. The Hall–Kier alpha value is -1.12. The number of aliphatic imine (C=N–C) groups is 1. The molecule has 0 saturated heterocycles. The molecule has 0 saturated carbocycles. The molecule has 0 radical (unpaired) electrons. The van der Waals surface area contributed by atoms with Crippen LogP contribution in [0.25, 0.3) is 0 Å². The van der Waals surface area contributed by atoms with Crippen LogP contribution in [0, 0.1) is 11.5 Å². The first-order valence-electron chi connectivity index (χ1n) is 3.83. The van der Waals surface area contributed by atoms with Crippen molar-refractivity contribution in [1.82, 2.24) is 5.32 Å². The predicted molar refractivity (Wildman–Crippen MR) is 63.1 cm³/mol. The summed E-state index contributed by atoms with van der Waals surface area (Å²) in [6.07, 6.45) is 3.69. The molecule has 1 N–H and O–H groups in total. The predicted octanol–water partition coefficient (Wildman–Crippen LogP) is 2.40. The van der Waals surface area contributed by atoms with Gasteiger partial charge in [0.25, 0.3) is 0 Å². The van der Waals surface area contributed by atoms with Gasteiger partial charge in [0, 0.05) is 4.90 Å². The van der Waals surface area contributed by atoms with E-state index in [4.69, 9.17) is 5.26 Å². The van der Waals surface area contributed by atoms with E-state index in [-0.39, 0.29) is 0 Å². The monoisotopic (exact) mass is 223 g/mol. The zero-order valence-electron chi connectivity index (χ0n) is 7.56. The number of hydrogen-bond donors (Lipinski definition) is 2. The summed E-state index contributed by atoms with van der Waals surface area (Å²) in [6, 6.07) is 7.43. The van der Waals surface area contributed by atoms with Crippen molar-refractivity contribution < 1.29 is 0 Å². The number of nitrogens with one attached hydrogen (secondary N) is 1. The quantitative estimate of drug-likeness (QED) is 0.253. The van der Waals surface area contributed by atoms with Crippen molar-refractivity contribution in [2.45, 2.75) is 4.90 Å². The number of nitrogens with zero attached hydrogens (tertiary/aromatic N) is 2. The first-order valence-corrected chi connectivity index (χ1v) is 5.50. The highest BCUT2D eigenvalue weighted by atomic mass is 32.2. The zero-order valence-corrected chi connectivity index (χ0v) is 9.27. The molecule has 0 aliphatic rings. The summed E-state index contributed by atoms with van der Waals surface area (Å²) in [5.74, 6) is 0. The van der Waals surface area contributed by atoms with Crippen molar-refractivity contribution in [3.05, 3.63) is 24.3 Å². The first kappa shape index (κ1) is 11.0. The minimum Gasteiger partial charge on any atom is -0.271 e. The molecule has 1 rings (SSSR count). The molecule has 0 aliphatic carbocycles. The number of hydrogen-bond acceptors (Lipinski definition) is 4. The lowest BCUT2D eigenvalue weighted by atomic mass is 10.3. The van der Waals surface area contributed by atoms with E-state index in [0.717, 1.165) is 10.6 Å². The number of nitriles is 1. The number of thioether (sulfide) groups is 1. The normalized spacial score (nSPS) is 10.8. The topological polar surface area (TPSA) is 48.2 Å². The summed E-state index contributed by atoms with van der Waals surface area (Å²) in [5, 5.41) is 11.5. The molecule has 0 aromatic heterocycles.